The second-order valence-electron chi connectivity index (χ2n) is 6.50. The number of Topliss-reactive ketones (excluding diaryl/α,β-unsaturated/α-hetero) is 1. The molecule has 1 aromatic carbocycles. The van der Waals surface area contributed by atoms with Crippen molar-refractivity contribution in [2.45, 2.75) is 31.8 Å². The van der Waals surface area contributed by atoms with Crippen molar-refractivity contribution in [3.05, 3.63) is 51.2 Å². The fourth-order valence-electron chi connectivity index (χ4n) is 3.06. The first-order valence-corrected chi connectivity index (χ1v) is 10.4. The van der Waals surface area contributed by atoms with Crippen LogP contribution in [-0.2, 0) is 16.0 Å². The molecular formula is C20H23ClN2O4S. The van der Waals surface area contributed by atoms with Gasteiger partial charge in [0.2, 0.25) is 0 Å². The fraction of sp³-hybridized carbons (Fsp3) is 0.400. The molecule has 0 spiro atoms. The number of carbonyl (C=O) groups is 2. The third-order valence-electron chi connectivity index (χ3n) is 4.52. The molecule has 1 atom stereocenters. The number of aryl methyl sites for hydroxylation is 1. The van der Waals surface area contributed by atoms with Crippen LogP contribution in [0.25, 0.3) is 0 Å². The maximum absolute atomic E-state index is 12.2. The predicted molar refractivity (Wildman–Crippen MR) is 110 cm³/mol. The number of ether oxygens (including phenoxy) is 1. The van der Waals surface area contributed by atoms with Gasteiger partial charge >= 0.3 is 6.09 Å². The number of anilines is 1. The second kappa shape index (κ2) is 10.0. The minimum atomic E-state index is -0.369. The number of cyclic esters (lactones) is 1. The number of thiophene rings is 1. The molecule has 3 rings (SSSR count). The van der Waals surface area contributed by atoms with E-state index in [2.05, 4.69) is 5.48 Å². The lowest BCUT2D eigenvalue weighted by Crippen LogP contribution is -2.24. The lowest BCUT2D eigenvalue weighted by atomic mass is 10.1. The van der Waals surface area contributed by atoms with Crippen molar-refractivity contribution >= 4 is 40.5 Å². The van der Waals surface area contributed by atoms with Crippen LogP contribution in [0.1, 0.15) is 34.5 Å². The van der Waals surface area contributed by atoms with Crippen molar-refractivity contribution in [3.63, 3.8) is 0 Å². The van der Waals surface area contributed by atoms with Gasteiger partial charge in [0.25, 0.3) is 0 Å². The monoisotopic (exact) mass is 422 g/mol. The lowest BCUT2D eigenvalue weighted by Gasteiger charge is -2.13. The number of amides is 1. The molecule has 1 fully saturated rings. The van der Waals surface area contributed by atoms with Gasteiger partial charge in [-0.15, -0.1) is 11.3 Å². The molecule has 1 N–H and O–H groups in total. The molecule has 6 nitrogen and oxygen atoms in total. The van der Waals surface area contributed by atoms with Gasteiger partial charge in [-0.3, -0.25) is 9.69 Å². The number of rotatable bonds is 10. The largest absolute Gasteiger partial charge is 0.444 e. The van der Waals surface area contributed by atoms with Gasteiger partial charge in [0.05, 0.1) is 22.4 Å². The normalized spacial score (nSPS) is 16.4. The van der Waals surface area contributed by atoms with E-state index < -0.39 is 0 Å². The summed E-state index contributed by atoms with van der Waals surface area (Å²) in [5.41, 5.74) is 4.64. The highest BCUT2D eigenvalue weighted by Gasteiger charge is 2.32. The average Bonchev–Trinajstić information content (AvgIpc) is 3.29. The first-order valence-electron chi connectivity index (χ1n) is 9.21. The summed E-state index contributed by atoms with van der Waals surface area (Å²) in [5.74, 6) is 0.0259. The molecule has 2 aromatic rings. The topological polar surface area (TPSA) is 67.9 Å². The predicted octanol–water partition coefficient (Wildman–Crippen LogP) is 4.47. The van der Waals surface area contributed by atoms with Crippen LogP contribution >= 0.6 is 22.9 Å². The summed E-state index contributed by atoms with van der Waals surface area (Å²) in [6.07, 6.45) is 2.00. The number of nitrogens with zero attached hydrogens (tertiary/aromatic N) is 1. The van der Waals surface area contributed by atoms with Gasteiger partial charge in [-0.1, -0.05) is 23.7 Å². The Morgan fingerprint density at radius 1 is 1.32 bits per heavy atom. The maximum Gasteiger partial charge on any atom is 0.414 e. The highest BCUT2D eigenvalue weighted by molar-refractivity contribution is 7.18. The number of hydroxylamine groups is 1. The Morgan fingerprint density at radius 3 is 2.79 bits per heavy atom. The van der Waals surface area contributed by atoms with Crippen LogP contribution in [0.15, 0.2) is 36.4 Å². The van der Waals surface area contributed by atoms with Crippen molar-refractivity contribution in [2.75, 3.05) is 25.1 Å². The lowest BCUT2D eigenvalue weighted by molar-refractivity contribution is 0.0564. The van der Waals surface area contributed by atoms with E-state index in [9.17, 15) is 9.59 Å². The Balaban J connectivity index is 1.49. The van der Waals surface area contributed by atoms with Crippen LogP contribution in [-0.4, -0.2) is 38.2 Å². The van der Waals surface area contributed by atoms with Crippen LogP contribution < -0.4 is 10.4 Å². The molecule has 0 unspecified atom stereocenters. The maximum atomic E-state index is 12.2. The molecule has 0 radical (unpaired) electrons. The van der Waals surface area contributed by atoms with Gasteiger partial charge in [-0.05, 0) is 49.1 Å². The summed E-state index contributed by atoms with van der Waals surface area (Å²) in [6, 6.07) is 11.3. The molecule has 0 aliphatic carbocycles. The molecule has 150 valence electrons. The SMILES string of the molecule is CNOCCCc1ccc(N2C[C@H](CCC(=O)c3ccc(Cl)s3)OC2=O)cc1. The Kier molecular flexibility index (Phi) is 7.44. The minimum Gasteiger partial charge on any atom is -0.444 e. The summed E-state index contributed by atoms with van der Waals surface area (Å²) in [7, 11) is 1.74. The molecule has 2 heterocycles. The Morgan fingerprint density at radius 2 is 2.11 bits per heavy atom. The molecule has 0 bridgehead atoms. The molecule has 8 heteroatoms. The van der Waals surface area contributed by atoms with E-state index in [1.165, 1.54) is 16.9 Å². The number of hydrogen-bond acceptors (Lipinski definition) is 6. The Labute approximate surface area is 173 Å². The van der Waals surface area contributed by atoms with Crippen LogP contribution in [0.2, 0.25) is 4.34 Å². The van der Waals surface area contributed by atoms with Crippen molar-refractivity contribution in [3.8, 4) is 0 Å². The number of ketones is 1. The summed E-state index contributed by atoms with van der Waals surface area (Å²) in [6.45, 7) is 1.10. The quantitative estimate of drug-likeness (QED) is 0.347. The minimum absolute atomic E-state index is 0.0259. The van der Waals surface area contributed by atoms with Gasteiger partial charge in [0.15, 0.2) is 5.78 Å². The van der Waals surface area contributed by atoms with Crippen molar-refractivity contribution < 1.29 is 19.2 Å². The highest BCUT2D eigenvalue weighted by Crippen LogP contribution is 2.26. The molecule has 1 saturated heterocycles. The van der Waals surface area contributed by atoms with E-state index in [-0.39, 0.29) is 18.0 Å². The summed E-state index contributed by atoms with van der Waals surface area (Å²) < 4.78 is 6.03. The summed E-state index contributed by atoms with van der Waals surface area (Å²) in [4.78, 5) is 31.8. The molecule has 0 saturated carbocycles. The van der Waals surface area contributed by atoms with E-state index in [1.807, 2.05) is 24.3 Å². The number of benzene rings is 1. The van der Waals surface area contributed by atoms with E-state index in [1.54, 1.807) is 24.1 Å². The van der Waals surface area contributed by atoms with Crippen molar-refractivity contribution in [1.82, 2.24) is 5.48 Å². The number of carbonyl (C=O) groups excluding carboxylic acids is 2. The van der Waals surface area contributed by atoms with Gasteiger partial charge < -0.3 is 9.57 Å². The van der Waals surface area contributed by atoms with Crippen LogP contribution in [0, 0.1) is 0 Å². The first-order chi connectivity index (χ1) is 13.6. The Bertz CT molecular complexity index is 809. The molecule has 1 aliphatic rings. The van der Waals surface area contributed by atoms with Gasteiger partial charge in [0, 0.05) is 19.2 Å². The molecule has 1 aromatic heterocycles. The fourth-order valence-corrected chi connectivity index (χ4v) is 4.07. The molecule has 1 amide bonds. The number of halogens is 1. The van der Waals surface area contributed by atoms with Crippen LogP contribution in [0.3, 0.4) is 0 Å². The molecule has 28 heavy (non-hydrogen) atoms. The standard InChI is InChI=1S/C20H23ClN2O4S/c1-22-26-12-2-3-14-4-6-15(7-5-14)23-13-16(27-20(23)25)8-9-17(24)18-10-11-19(21)28-18/h4-7,10-11,16,22H,2-3,8-9,12-13H2,1H3/t16-/m0/s1. The van der Waals surface area contributed by atoms with Gasteiger partial charge in [-0.2, -0.15) is 0 Å². The third-order valence-corrected chi connectivity index (χ3v) is 5.79. The van der Waals surface area contributed by atoms with Crippen LogP contribution in [0.4, 0.5) is 10.5 Å². The van der Waals surface area contributed by atoms with E-state index in [0.29, 0.717) is 35.2 Å². The van der Waals surface area contributed by atoms with Crippen molar-refractivity contribution in [2.24, 2.45) is 0 Å². The zero-order chi connectivity index (χ0) is 19.9. The van der Waals surface area contributed by atoms with E-state index in [0.717, 1.165) is 18.5 Å². The Hall–Kier alpha value is -1.93. The van der Waals surface area contributed by atoms with Crippen molar-refractivity contribution in [1.29, 1.82) is 0 Å². The van der Waals surface area contributed by atoms with E-state index in [4.69, 9.17) is 21.2 Å². The van der Waals surface area contributed by atoms with Crippen LogP contribution in [0.5, 0.6) is 0 Å². The van der Waals surface area contributed by atoms with E-state index >= 15 is 0 Å². The molecular weight excluding hydrogens is 400 g/mol. The molecule has 1 aliphatic heterocycles. The average molecular weight is 423 g/mol. The smallest absolute Gasteiger partial charge is 0.414 e. The highest BCUT2D eigenvalue weighted by atomic mass is 35.5. The first kappa shape index (κ1) is 20.8. The van der Waals surface area contributed by atoms with Gasteiger partial charge in [-0.25, -0.2) is 10.3 Å². The summed E-state index contributed by atoms with van der Waals surface area (Å²) in [5, 5.41) is 0. The zero-order valence-electron chi connectivity index (χ0n) is 15.7. The second-order valence-corrected chi connectivity index (χ2v) is 8.22. The zero-order valence-corrected chi connectivity index (χ0v) is 17.2. The number of hydrogen-bond donors (Lipinski definition) is 1. The number of nitrogens with one attached hydrogen (secondary N) is 1. The third kappa shape index (κ3) is 5.54. The van der Waals surface area contributed by atoms with Gasteiger partial charge in [0.1, 0.15) is 6.10 Å². The summed E-state index contributed by atoms with van der Waals surface area (Å²) >= 11 is 7.14.